The highest BCUT2D eigenvalue weighted by Gasteiger charge is 2.27. The van der Waals surface area contributed by atoms with Crippen molar-refractivity contribution in [3.8, 4) is 22.6 Å². The van der Waals surface area contributed by atoms with E-state index in [0.717, 1.165) is 17.7 Å². The quantitative estimate of drug-likeness (QED) is 0.219. The molecular weight excluding hydrogens is 480 g/mol. The fourth-order valence-corrected chi connectivity index (χ4v) is 3.90. The number of hydrogen-bond acceptors (Lipinski definition) is 5. The zero-order valence-corrected chi connectivity index (χ0v) is 19.9. The third-order valence-corrected chi connectivity index (χ3v) is 5.81. The molecule has 0 radical (unpaired) electrons. The van der Waals surface area contributed by atoms with E-state index in [0.29, 0.717) is 22.4 Å². The van der Waals surface area contributed by atoms with Crippen LogP contribution >= 0.6 is 0 Å². The van der Waals surface area contributed by atoms with E-state index >= 15 is 0 Å². The number of aromatic nitrogens is 1. The molecule has 37 heavy (non-hydrogen) atoms. The van der Waals surface area contributed by atoms with E-state index in [9.17, 15) is 23.5 Å². The fraction of sp³-hybridized carbons (Fsp3) is 0.138. The first-order valence-corrected chi connectivity index (χ1v) is 11.4. The highest BCUT2D eigenvalue weighted by atomic mass is 19.2. The first-order chi connectivity index (χ1) is 17.9. The second kappa shape index (κ2) is 11.4. The molecule has 1 atom stereocenters. The van der Waals surface area contributed by atoms with Crippen LogP contribution in [0.2, 0.25) is 0 Å². The third kappa shape index (κ3) is 6.16. The Hall–Kier alpha value is -4.59. The van der Waals surface area contributed by atoms with Crippen molar-refractivity contribution in [2.75, 3.05) is 7.11 Å². The van der Waals surface area contributed by atoms with Crippen molar-refractivity contribution >= 4 is 11.8 Å². The van der Waals surface area contributed by atoms with Crippen molar-refractivity contribution in [1.29, 1.82) is 0 Å². The largest absolute Gasteiger partial charge is 0.496 e. The van der Waals surface area contributed by atoms with Crippen LogP contribution in [0.1, 0.15) is 21.5 Å². The molecular formula is C29H23F2NO5. The SMILES string of the molecule is COc1cc(F)c(F)cc1-c1ccc(OCc2cccc(CC(C(=O)O)C(=O)c3cccnc3)c2)cc1. The standard InChI is InChI=1S/C29H23F2NO5/c1-36-27-15-26(31)25(30)14-23(27)20-7-9-22(10-8-20)37-17-19-5-2-4-18(12-19)13-24(29(34)35)28(33)21-6-3-11-32-16-21/h2-12,14-16,24H,13,17H2,1H3,(H,34,35). The summed E-state index contributed by atoms with van der Waals surface area (Å²) in [6, 6.07) is 19.2. The molecule has 0 fully saturated rings. The number of hydrogen-bond donors (Lipinski definition) is 1. The van der Waals surface area contributed by atoms with Gasteiger partial charge in [-0.3, -0.25) is 14.6 Å². The van der Waals surface area contributed by atoms with Gasteiger partial charge in [-0.25, -0.2) is 8.78 Å². The van der Waals surface area contributed by atoms with Gasteiger partial charge in [-0.1, -0.05) is 36.4 Å². The molecule has 1 N–H and O–H groups in total. The number of carbonyl (C=O) groups is 2. The molecule has 0 amide bonds. The highest BCUT2D eigenvalue weighted by Crippen LogP contribution is 2.33. The molecule has 4 aromatic rings. The van der Waals surface area contributed by atoms with Gasteiger partial charge in [-0.2, -0.15) is 0 Å². The van der Waals surface area contributed by atoms with Crippen LogP contribution < -0.4 is 9.47 Å². The number of ether oxygens (including phenoxy) is 2. The van der Waals surface area contributed by atoms with Crippen molar-refractivity contribution < 1.29 is 33.0 Å². The molecule has 8 heteroatoms. The number of carboxylic acids is 1. The lowest BCUT2D eigenvalue weighted by Gasteiger charge is -2.13. The summed E-state index contributed by atoms with van der Waals surface area (Å²) in [4.78, 5) is 28.4. The zero-order valence-electron chi connectivity index (χ0n) is 19.9. The van der Waals surface area contributed by atoms with E-state index in [1.54, 1.807) is 54.6 Å². The molecule has 0 bridgehead atoms. The van der Waals surface area contributed by atoms with E-state index in [1.165, 1.54) is 19.5 Å². The number of methoxy groups -OCH3 is 1. The average Bonchev–Trinajstić information content (AvgIpc) is 2.92. The molecule has 0 aliphatic rings. The predicted molar refractivity (Wildman–Crippen MR) is 133 cm³/mol. The van der Waals surface area contributed by atoms with E-state index < -0.39 is 29.3 Å². The van der Waals surface area contributed by atoms with Crippen LogP contribution in [0.3, 0.4) is 0 Å². The Morgan fingerprint density at radius 1 is 0.946 bits per heavy atom. The summed E-state index contributed by atoms with van der Waals surface area (Å²) in [6.07, 6.45) is 2.90. The van der Waals surface area contributed by atoms with Gasteiger partial charge in [-0.05, 0) is 53.4 Å². The van der Waals surface area contributed by atoms with Crippen LogP contribution in [0, 0.1) is 17.6 Å². The van der Waals surface area contributed by atoms with Gasteiger partial charge in [-0.15, -0.1) is 0 Å². The molecule has 1 unspecified atom stereocenters. The predicted octanol–water partition coefficient (Wildman–Crippen LogP) is 5.74. The van der Waals surface area contributed by atoms with Crippen molar-refractivity contribution in [2.24, 2.45) is 5.92 Å². The van der Waals surface area contributed by atoms with E-state index in [-0.39, 0.29) is 24.3 Å². The Kier molecular flexibility index (Phi) is 7.88. The van der Waals surface area contributed by atoms with E-state index in [2.05, 4.69) is 4.98 Å². The smallest absolute Gasteiger partial charge is 0.314 e. The lowest BCUT2D eigenvalue weighted by atomic mass is 9.91. The minimum Gasteiger partial charge on any atom is -0.496 e. The number of carboxylic acid groups (broad SMARTS) is 1. The Bertz CT molecular complexity index is 1410. The van der Waals surface area contributed by atoms with E-state index in [4.69, 9.17) is 9.47 Å². The normalized spacial score (nSPS) is 11.5. The summed E-state index contributed by atoms with van der Waals surface area (Å²) in [5.41, 5.74) is 2.77. The van der Waals surface area contributed by atoms with Gasteiger partial charge in [0, 0.05) is 29.6 Å². The number of pyridine rings is 1. The van der Waals surface area contributed by atoms with Gasteiger partial charge < -0.3 is 14.6 Å². The number of rotatable bonds is 10. The minimum atomic E-state index is -1.23. The second-order valence-electron chi connectivity index (χ2n) is 8.30. The van der Waals surface area contributed by atoms with Crippen molar-refractivity contribution in [3.05, 3.63) is 114 Å². The second-order valence-corrected chi connectivity index (χ2v) is 8.30. The average molecular weight is 504 g/mol. The molecule has 1 aromatic heterocycles. The number of aliphatic carboxylic acids is 1. The van der Waals surface area contributed by atoms with Crippen LogP contribution in [0.5, 0.6) is 11.5 Å². The Labute approximate surface area is 212 Å². The molecule has 188 valence electrons. The summed E-state index contributed by atoms with van der Waals surface area (Å²) in [5.74, 6) is -4.13. The Morgan fingerprint density at radius 3 is 2.35 bits per heavy atom. The number of carbonyl (C=O) groups excluding carboxylic acids is 1. The number of nitrogens with zero attached hydrogens (tertiary/aromatic N) is 1. The molecule has 6 nitrogen and oxygen atoms in total. The number of halogens is 2. The number of ketones is 1. The molecule has 0 aliphatic carbocycles. The molecule has 0 saturated heterocycles. The first kappa shape index (κ1) is 25.5. The maximum Gasteiger partial charge on any atom is 0.314 e. The van der Waals surface area contributed by atoms with Gasteiger partial charge in [0.05, 0.1) is 7.11 Å². The Balaban J connectivity index is 1.43. The summed E-state index contributed by atoms with van der Waals surface area (Å²) in [7, 11) is 1.38. The molecule has 0 aliphatic heterocycles. The zero-order chi connectivity index (χ0) is 26.4. The molecule has 0 spiro atoms. The summed E-state index contributed by atoms with van der Waals surface area (Å²) >= 11 is 0. The van der Waals surface area contributed by atoms with Crippen LogP contribution in [-0.2, 0) is 17.8 Å². The maximum atomic E-state index is 13.7. The third-order valence-electron chi connectivity index (χ3n) is 5.81. The van der Waals surface area contributed by atoms with Gasteiger partial charge in [0.15, 0.2) is 17.4 Å². The lowest BCUT2D eigenvalue weighted by molar-refractivity contribution is -0.139. The summed E-state index contributed by atoms with van der Waals surface area (Å²) < 4.78 is 38.3. The van der Waals surface area contributed by atoms with E-state index in [1.807, 2.05) is 6.07 Å². The highest BCUT2D eigenvalue weighted by molar-refractivity contribution is 6.08. The summed E-state index contributed by atoms with van der Waals surface area (Å²) in [5, 5.41) is 9.64. The lowest BCUT2D eigenvalue weighted by Crippen LogP contribution is -2.26. The topological polar surface area (TPSA) is 85.7 Å². The van der Waals surface area contributed by atoms with Gasteiger partial charge in [0.1, 0.15) is 24.0 Å². The van der Waals surface area contributed by atoms with Crippen LogP contribution in [0.15, 0.2) is 85.2 Å². The van der Waals surface area contributed by atoms with Gasteiger partial charge in [0.25, 0.3) is 0 Å². The van der Waals surface area contributed by atoms with Gasteiger partial charge >= 0.3 is 5.97 Å². The molecule has 1 heterocycles. The molecule has 4 rings (SSSR count). The Morgan fingerprint density at radius 2 is 1.68 bits per heavy atom. The number of benzene rings is 3. The van der Waals surface area contributed by atoms with Crippen LogP contribution in [0.25, 0.3) is 11.1 Å². The van der Waals surface area contributed by atoms with Crippen LogP contribution in [-0.4, -0.2) is 29.0 Å². The monoisotopic (exact) mass is 503 g/mol. The first-order valence-electron chi connectivity index (χ1n) is 11.4. The molecule has 0 saturated carbocycles. The maximum absolute atomic E-state index is 13.7. The summed E-state index contributed by atoms with van der Waals surface area (Å²) in [6.45, 7) is 0.204. The van der Waals surface area contributed by atoms with Crippen molar-refractivity contribution in [3.63, 3.8) is 0 Å². The van der Waals surface area contributed by atoms with Crippen molar-refractivity contribution in [1.82, 2.24) is 4.98 Å². The number of Topliss-reactive ketones (excluding diaryl/α,β-unsaturated/α-hetero) is 1. The van der Waals surface area contributed by atoms with Gasteiger partial charge in [0.2, 0.25) is 0 Å². The van der Waals surface area contributed by atoms with Crippen molar-refractivity contribution in [2.45, 2.75) is 13.0 Å². The van der Waals surface area contributed by atoms with Crippen LogP contribution in [0.4, 0.5) is 8.78 Å². The minimum absolute atomic E-state index is 0.0294. The molecule has 3 aromatic carbocycles. The fourth-order valence-electron chi connectivity index (χ4n) is 3.90.